The second-order valence-corrected chi connectivity index (χ2v) is 3.68. The highest BCUT2D eigenvalue weighted by Crippen LogP contribution is 2.13. The van der Waals surface area contributed by atoms with E-state index in [2.05, 4.69) is 9.72 Å². The van der Waals surface area contributed by atoms with Crippen molar-refractivity contribution in [2.45, 2.75) is 6.18 Å². The van der Waals surface area contributed by atoms with Crippen molar-refractivity contribution in [3.63, 3.8) is 0 Å². The van der Waals surface area contributed by atoms with Gasteiger partial charge in [0.2, 0.25) is 0 Å². The third kappa shape index (κ3) is 4.75. The topological polar surface area (TPSA) is 76.5 Å². The molecule has 0 amide bonds. The molecule has 5 nitrogen and oxygen atoms in total. The van der Waals surface area contributed by atoms with Crippen LogP contribution >= 0.6 is 0 Å². The predicted octanol–water partition coefficient (Wildman–Crippen LogP) is 2.65. The zero-order valence-corrected chi connectivity index (χ0v) is 10.7. The van der Waals surface area contributed by atoms with E-state index in [9.17, 15) is 18.0 Å². The van der Waals surface area contributed by atoms with Gasteiger partial charge in [0.25, 0.3) is 0 Å². The number of aliphatic carboxylic acids is 1. The summed E-state index contributed by atoms with van der Waals surface area (Å²) in [6.45, 7) is 0. The lowest BCUT2D eigenvalue weighted by Gasteiger charge is -2.00. The van der Waals surface area contributed by atoms with Gasteiger partial charge in [-0.25, -0.2) is 14.6 Å². The molecule has 1 N–H and O–H groups in total. The SMILES string of the molecule is COC(=O)c1ccc2ccccc2n1.O=C(O)C(F)(F)F. The minimum Gasteiger partial charge on any atom is -0.475 e. The summed E-state index contributed by atoms with van der Waals surface area (Å²) in [6, 6.07) is 11.1. The molecule has 0 aliphatic carbocycles. The summed E-state index contributed by atoms with van der Waals surface area (Å²) in [6.07, 6.45) is -5.08. The number of methoxy groups -OCH3 is 1. The summed E-state index contributed by atoms with van der Waals surface area (Å²) in [5, 5.41) is 8.14. The Labute approximate surface area is 117 Å². The van der Waals surface area contributed by atoms with Crippen LogP contribution in [0.1, 0.15) is 10.5 Å². The first-order valence-electron chi connectivity index (χ1n) is 5.50. The van der Waals surface area contributed by atoms with Crippen LogP contribution in [0.3, 0.4) is 0 Å². The standard InChI is InChI=1S/C11H9NO2.C2HF3O2/c1-14-11(13)10-7-6-8-4-2-3-5-9(8)12-10;3-2(4,5)1(6)7/h2-7H,1H3;(H,6,7). The molecule has 21 heavy (non-hydrogen) atoms. The van der Waals surface area contributed by atoms with Crippen molar-refractivity contribution >= 4 is 22.8 Å². The molecular weight excluding hydrogens is 291 g/mol. The number of hydrogen-bond donors (Lipinski definition) is 1. The number of carbonyl (C=O) groups excluding carboxylic acids is 1. The molecule has 0 fully saturated rings. The fourth-order valence-electron chi connectivity index (χ4n) is 1.28. The molecule has 0 unspecified atom stereocenters. The number of ether oxygens (including phenoxy) is 1. The van der Waals surface area contributed by atoms with Gasteiger partial charge in [0.1, 0.15) is 5.69 Å². The van der Waals surface area contributed by atoms with Gasteiger partial charge in [0.05, 0.1) is 12.6 Å². The molecule has 0 bridgehead atoms. The van der Waals surface area contributed by atoms with Crippen LogP contribution in [0.2, 0.25) is 0 Å². The first-order valence-corrected chi connectivity index (χ1v) is 5.50. The number of para-hydroxylation sites is 1. The fraction of sp³-hybridized carbons (Fsp3) is 0.154. The molecule has 8 heteroatoms. The Kier molecular flexibility index (Phi) is 5.23. The summed E-state index contributed by atoms with van der Waals surface area (Å²) in [7, 11) is 1.35. The lowest BCUT2D eigenvalue weighted by molar-refractivity contribution is -0.192. The molecule has 1 aromatic heterocycles. The minimum atomic E-state index is -5.08. The Morgan fingerprint density at radius 1 is 1.14 bits per heavy atom. The van der Waals surface area contributed by atoms with E-state index in [1.807, 2.05) is 30.3 Å². The number of carbonyl (C=O) groups is 2. The maximum Gasteiger partial charge on any atom is 0.490 e. The molecule has 0 spiro atoms. The van der Waals surface area contributed by atoms with Gasteiger partial charge in [0, 0.05) is 5.39 Å². The van der Waals surface area contributed by atoms with Crippen molar-refractivity contribution in [1.82, 2.24) is 4.98 Å². The predicted molar refractivity (Wildman–Crippen MR) is 66.8 cm³/mol. The number of carboxylic acid groups (broad SMARTS) is 1. The molecule has 1 aromatic carbocycles. The summed E-state index contributed by atoms with van der Waals surface area (Å²) >= 11 is 0. The molecule has 112 valence electrons. The van der Waals surface area contributed by atoms with Crippen LogP contribution in [0.4, 0.5) is 13.2 Å². The Morgan fingerprint density at radius 2 is 1.71 bits per heavy atom. The van der Waals surface area contributed by atoms with Crippen molar-refractivity contribution in [2.75, 3.05) is 7.11 Å². The van der Waals surface area contributed by atoms with E-state index in [0.29, 0.717) is 5.69 Å². The van der Waals surface area contributed by atoms with Crippen LogP contribution in [0, 0.1) is 0 Å². The first-order chi connectivity index (χ1) is 9.75. The second-order valence-electron chi connectivity index (χ2n) is 3.68. The van der Waals surface area contributed by atoms with Crippen LogP contribution in [0.25, 0.3) is 10.9 Å². The summed E-state index contributed by atoms with van der Waals surface area (Å²) in [4.78, 5) is 24.2. The maximum atomic E-state index is 11.2. The van der Waals surface area contributed by atoms with Gasteiger partial charge in [-0.05, 0) is 12.1 Å². The number of rotatable bonds is 1. The normalized spacial score (nSPS) is 10.5. The van der Waals surface area contributed by atoms with Gasteiger partial charge in [-0.15, -0.1) is 0 Å². The lowest BCUT2D eigenvalue weighted by atomic mass is 10.2. The average Bonchev–Trinajstić information content (AvgIpc) is 2.45. The summed E-state index contributed by atoms with van der Waals surface area (Å²) in [5.41, 5.74) is 1.14. The van der Waals surface area contributed by atoms with Gasteiger partial charge < -0.3 is 9.84 Å². The van der Waals surface area contributed by atoms with E-state index in [1.54, 1.807) is 6.07 Å². The van der Waals surface area contributed by atoms with Gasteiger partial charge in [-0.3, -0.25) is 0 Å². The molecule has 1 heterocycles. The number of nitrogens with zero attached hydrogens (tertiary/aromatic N) is 1. The molecule has 0 aliphatic heterocycles. The monoisotopic (exact) mass is 301 g/mol. The highest BCUT2D eigenvalue weighted by molar-refractivity contribution is 5.90. The minimum absolute atomic E-state index is 0.339. The Balaban J connectivity index is 0.000000270. The maximum absolute atomic E-state index is 11.2. The highest BCUT2D eigenvalue weighted by atomic mass is 19.4. The van der Waals surface area contributed by atoms with E-state index in [1.165, 1.54) is 7.11 Å². The second kappa shape index (κ2) is 6.69. The van der Waals surface area contributed by atoms with Crippen LogP contribution in [0.5, 0.6) is 0 Å². The van der Waals surface area contributed by atoms with Crippen molar-refractivity contribution in [1.29, 1.82) is 0 Å². The molecule has 0 saturated heterocycles. The highest BCUT2D eigenvalue weighted by Gasteiger charge is 2.38. The van der Waals surface area contributed by atoms with Crippen LogP contribution in [-0.4, -0.2) is 35.3 Å². The molecule has 2 aromatic rings. The van der Waals surface area contributed by atoms with Gasteiger partial charge in [-0.2, -0.15) is 13.2 Å². The van der Waals surface area contributed by atoms with Crippen molar-refractivity contribution < 1.29 is 32.6 Å². The molecule has 2 rings (SSSR count). The number of alkyl halides is 3. The third-order valence-electron chi connectivity index (χ3n) is 2.24. The van der Waals surface area contributed by atoms with Gasteiger partial charge in [-0.1, -0.05) is 24.3 Å². The van der Waals surface area contributed by atoms with E-state index in [4.69, 9.17) is 9.90 Å². The van der Waals surface area contributed by atoms with E-state index in [-0.39, 0.29) is 0 Å². The lowest BCUT2D eigenvalue weighted by Crippen LogP contribution is -2.21. The number of carboxylic acids is 1. The Bertz CT molecular complexity index is 655. The summed E-state index contributed by atoms with van der Waals surface area (Å²) in [5.74, 6) is -3.16. The number of fused-ring (bicyclic) bond motifs is 1. The largest absolute Gasteiger partial charge is 0.490 e. The van der Waals surface area contributed by atoms with E-state index in [0.717, 1.165) is 10.9 Å². The van der Waals surface area contributed by atoms with Crippen LogP contribution in [0.15, 0.2) is 36.4 Å². The summed E-state index contributed by atoms with van der Waals surface area (Å²) < 4.78 is 36.3. The quantitative estimate of drug-likeness (QED) is 0.819. The smallest absolute Gasteiger partial charge is 0.475 e. The average molecular weight is 301 g/mol. The Hall–Kier alpha value is -2.64. The third-order valence-corrected chi connectivity index (χ3v) is 2.24. The number of pyridine rings is 1. The fourth-order valence-corrected chi connectivity index (χ4v) is 1.28. The number of halogens is 3. The number of aromatic nitrogens is 1. The molecular formula is C13H10F3NO4. The van der Waals surface area contributed by atoms with E-state index >= 15 is 0 Å². The number of benzene rings is 1. The van der Waals surface area contributed by atoms with E-state index < -0.39 is 18.1 Å². The zero-order chi connectivity index (χ0) is 16.0. The van der Waals surface area contributed by atoms with Crippen molar-refractivity contribution in [3.8, 4) is 0 Å². The number of hydrogen-bond acceptors (Lipinski definition) is 4. The van der Waals surface area contributed by atoms with Crippen molar-refractivity contribution in [2.24, 2.45) is 0 Å². The molecule has 0 atom stereocenters. The molecule has 0 radical (unpaired) electrons. The molecule has 0 saturated carbocycles. The van der Waals surface area contributed by atoms with Crippen LogP contribution in [-0.2, 0) is 9.53 Å². The van der Waals surface area contributed by atoms with Crippen molar-refractivity contribution in [3.05, 3.63) is 42.1 Å². The Morgan fingerprint density at radius 3 is 2.24 bits per heavy atom. The molecule has 0 aliphatic rings. The van der Waals surface area contributed by atoms with Gasteiger partial charge in [0.15, 0.2) is 0 Å². The zero-order valence-electron chi connectivity index (χ0n) is 10.7. The first kappa shape index (κ1) is 16.4. The van der Waals surface area contributed by atoms with Gasteiger partial charge >= 0.3 is 18.1 Å². The number of esters is 1. The van der Waals surface area contributed by atoms with Crippen LogP contribution < -0.4 is 0 Å².